The quantitative estimate of drug-likeness (QED) is 0.809. The fourth-order valence-corrected chi connectivity index (χ4v) is 2.52. The second-order valence-electron chi connectivity index (χ2n) is 6.34. The van der Waals surface area contributed by atoms with Crippen LogP contribution in [0, 0.1) is 5.82 Å². The van der Waals surface area contributed by atoms with E-state index >= 15 is 0 Å². The summed E-state index contributed by atoms with van der Waals surface area (Å²) in [5.41, 5.74) is 1.39. The van der Waals surface area contributed by atoms with Crippen molar-refractivity contribution in [1.82, 2.24) is 5.32 Å². The summed E-state index contributed by atoms with van der Waals surface area (Å²) in [6.45, 7) is 5.60. The van der Waals surface area contributed by atoms with E-state index in [1.807, 2.05) is 38.1 Å². The minimum atomic E-state index is -0.903. The molecule has 5 heteroatoms. The Hall–Kier alpha value is -2.40. The first-order chi connectivity index (χ1) is 11.8. The normalized spacial score (nSPS) is 13.4. The fourth-order valence-electron chi connectivity index (χ4n) is 2.52. The molecular formula is C20H24FNO3. The lowest BCUT2D eigenvalue weighted by molar-refractivity contribution is -0.121. The van der Waals surface area contributed by atoms with Crippen LogP contribution in [0.5, 0.6) is 5.75 Å². The van der Waals surface area contributed by atoms with Gasteiger partial charge in [0, 0.05) is 0 Å². The number of benzene rings is 2. The number of rotatable bonds is 7. The number of amides is 1. The highest BCUT2D eigenvalue weighted by atomic mass is 19.1. The van der Waals surface area contributed by atoms with Crippen LogP contribution in [0.1, 0.15) is 38.0 Å². The fraction of sp³-hybridized carbons (Fsp3) is 0.350. The van der Waals surface area contributed by atoms with Crippen molar-refractivity contribution < 1.29 is 19.0 Å². The molecule has 134 valence electrons. The van der Waals surface area contributed by atoms with Crippen LogP contribution in [0.4, 0.5) is 4.39 Å². The molecule has 2 N–H and O–H groups in total. The zero-order valence-electron chi connectivity index (χ0n) is 14.7. The molecule has 0 aromatic heterocycles. The Morgan fingerprint density at radius 1 is 1.16 bits per heavy atom. The molecule has 0 spiro atoms. The lowest BCUT2D eigenvalue weighted by atomic mass is 10.0. The highest BCUT2D eigenvalue weighted by Gasteiger charge is 2.18. The van der Waals surface area contributed by atoms with Gasteiger partial charge in [-0.1, -0.05) is 24.3 Å². The minimum absolute atomic E-state index is 0.0648. The van der Waals surface area contributed by atoms with Crippen molar-refractivity contribution in [2.75, 3.05) is 0 Å². The molecule has 0 aliphatic heterocycles. The van der Waals surface area contributed by atoms with Gasteiger partial charge in [0.2, 0.25) is 5.91 Å². The predicted octanol–water partition coefficient (Wildman–Crippen LogP) is 3.39. The van der Waals surface area contributed by atoms with Gasteiger partial charge in [-0.25, -0.2) is 4.39 Å². The third-order valence-electron chi connectivity index (χ3n) is 3.71. The minimum Gasteiger partial charge on any atom is -0.491 e. The summed E-state index contributed by atoms with van der Waals surface area (Å²) >= 11 is 0. The van der Waals surface area contributed by atoms with E-state index in [9.17, 15) is 14.3 Å². The molecule has 25 heavy (non-hydrogen) atoms. The molecule has 2 aromatic carbocycles. The average Bonchev–Trinajstić information content (AvgIpc) is 2.54. The van der Waals surface area contributed by atoms with Crippen LogP contribution in [0.25, 0.3) is 0 Å². The summed E-state index contributed by atoms with van der Waals surface area (Å²) in [6.07, 6.45) is -0.648. The molecule has 0 heterocycles. The molecule has 0 bridgehead atoms. The van der Waals surface area contributed by atoms with Crippen LogP contribution in [0.15, 0.2) is 48.5 Å². The first kappa shape index (κ1) is 18.9. The van der Waals surface area contributed by atoms with Crippen molar-refractivity contribution in [3.8, 4) is 5.75 Å². The van der Waals surface area contributed by atoms with E-state index in [-0.39, 0.29) is 24.2 Å². The van der Waals surface area contributed by atoms with E-state index in [4.69, 9.17) is 4.74 Å². The Labute approximate surface area is 147 Å². The molecule has 0 aliphatic rings. The third-order valence-corrected chi connectivity index (χ3v) is 3.71. The maximum Gasteiger partial charge on any atom is 0.224 e. The Morgan fingerprint density at radius 2 is 1.84 bits per heavy atom. The first-order valence-corrected chi connectivity index (χ1v) is 8.33. The summed E-state index contributed by atoms with van der Waals surface area (Å²) < 4.78 is 18.6. The highest BCUT2D eigenvalue weighted by molar-refractivity contribution is 5.79. The molecule has 0 aliphatic carbocycles. The Bertz CT molecular complexity index is 700. The van der Waals surface area contributed by atoms with Gasteiger partial charge < -0.3 is 15.2 Å². The number of carbonyl (C=O) groups excluding carboxylic acids is 1. The molecular weight excluding hydrogens is 321 g/mol. The lowest BCUT2D eigenvalue weighted by Gasteiger charge is -2.21. The molecule has 2 unspecified atom stereocenters. The topological polar surface area (TPSA) is 58.6 Å². The van der Waals surface area contributed by atoms with Crippen LogP contribution in [-0.2, 0) is 11.2 Å². The van der Waals surface area contributed by atoms with Crippen molar-refractivity contribution in [3.05, 3.63) is 65.5 Å². The second kappa shape index (κ2) is 8.62. The van der Waals surface area contributed by atoms with Gasteiger partial charge in [-0.2, -0.15) is 0 Å². The summed E-state index contributed by atoms with van der Waals surface area (Å²) in [7, 11) is 0. The van der Waals surface area contributed by atoms with E-state index in [0.29, 0.717) is 5.56 Å². The van der Waals surface area contributed by atoms with Gasteiger partial charge in [-0.15, -0.1) is 0 Å². The zero-order valence-corrected chi connectivity index (χ0v) is 14.7. The predicted molar refractivity (Wildman–Crippen MR) is 94.9 cm³/mol. The first-order valence-electron chi connectivity index (χ1n) is 8.33. The molecule has 2 atom stereocenters. The Morgan fingerprint density at radius 3 is 2.48 bits per heavy atom. The van der Waals surface area contributed by atoms with E-state index in [2.05, 4.69) is 5.32 Å². The monoisotopic (exact) mass is 345 g/mol. The number of aliphatic hydroxyl groups excluding tert-OH is 1. The Kier molecular flexibility index (Phi) is 6.53. The van der Waals surface area contributed by atoms with Gasteiger partial charge in [0.15, 0.2) is 0 Å². The second-order valence-corrected chi connectivity index (χ2v) is 6.34. The maximum atomic E-state index is 13.0. The summed E-state index contributed by atoms with van der Waals surface area (Å²) in [4.78, 5) is 12.2. The smallest absolute Gasteiger partial charge is 0.224 e. The van der Waals surface area contributed by atoms with Crippen molar-refractivity contribution in [2.45, 2.75) is 45.4 Å². The number of hydrogen-bond acceptors (Lipinski definition) is 3. The van der Waals surface area contributed by atoms with E-state index < -0.39 is 12.1 Å². The van der Waals surface area contributed by atoms with Crippen molar-refractivity contribution >= 4 is 5.91 Å². The van der Waals surface area contributed by atoms with Crippen LogP contribution >= 0.6 is 0 Å². The van der Waals surface area contributed by atoms with Crippen molar-refractivity contribution in [3.63, 3.8) is 0 Å². The van der Waals surface area contributed by atoms with Crippen LogP contribution in [0.3, 0.4) is 0 Å². The van der Waals surface area contributed by atoms with Gasteiger partial charge in [0.1, 0.15) is 11.6 Å². The number of carbonyl (C=O) groups is 1. The summed E-state index contributed by atoms with van der Waals surface area (Å²) in [5, 5.41) is 13.1. The number of ether oxygens (including phenoxy) is 1. The number of nitrogens with one attached hydrogen (secondary N) is 1. The van der Waals surface area contributed by atoms with Gasteiger partial charge >= 0.3 is 0 Å². The van der Waals surface area contributed by atoms with Gasteiger partial charge in [0.05, 0.1) is 24.7 Å². The third kappa shape index (κ3) is 5.87. The van der Waals surface area contributed by atoms with Crippen molar-refractivity contribution in [1.29, 1.82) is 0 Å². The van der Waals surface area contributed by atoms with E-state index in [1.165, 1.54) is 24.3 Å². The molecule has 2 rings (SSSR count). The van der Waals surface area contributed by atoms with Gasteiger partial charge in [0.25, 0.3) is 0 Å². The highest BCUT2D eigenvalue weighted by Crippen LogP contribution is 2.18. The molecule has 0 radical (unpaired) electrons. The van der Waals surface area contributed by atoms with E-state index in [1.54, 1.807) is 6.92 Å². The molecule has 0 saturated heterocycles. The standard InChI is InChI=1S/C20H24FNO3/c1-13(2)25-18-6-4-5-15(11-18)12-19(23)22-14(3)20(24)16-7-9-17(21)10-8-16/h4-11,13-14,20,24H,12H2,1-3H3,(H,22,23). The summed E-state index contributed by atoms with van der Waals surface area (Å²) in [6, 6.07) is 12.5. The molecule has 4 nitrogen and oxygen atoms in total. The molecule has 1 amide bonds. The van der Waals surface area contributed by atoms with Gasteiger partial charge in [-0.3, -0.25) is 4.79 Å². The number of aliphatic hydroxyl groups is 1. The average molecular weight is 345 g/mol. The molecule has 0 saturated carbocycles. The van der Waals surface area contributed by atoms with E-state index in [0.717, 1.165) is 11.3 Å². The summed E-state index contributed by atoms with van der Waals surface area (Å²) in [5.74, 6) is 0.159. The molecule has 0 fully saturated rings. The van der Waals surface area contributed by atoms with Crippen LogP contribution in [0.2, 0.25) is 0 Å². The zero-order chi connectivity index (χ0) is 18.4. The SMILES string of the molecule is CC(C)Oc1cccc(CC(=O)NC(C)C(O)c2ccc(F)cc2)c1. The Balaban J connectivity index is 1.94. The largest absolute Gasteiger partial charge is 0.491 e. The van der Waals surface area contributed by atoms with Crippen molar-refractivity contribution in [2.24, 2.45) is 0 Å². The van der Waals surface area contributed by atoms with Crippen LogP contribution < -0.4 is 10.1 Å². The molecule has 2 aromatic rings. The lowest BCUT2D eigenvalue weighted by Crippen LogP contribution is -2.37. The van der Waals surface area contributed by atoms with Crippen LogP contribution in [-0.4, -0.2) is 23.2 Å². The van der Waals surface area contributed by atoms with Gasteiger partial charge in [-0.05, 0) is 56.2 Å². The number of halogens is 1. The maximum absolute atomic E-state index is 13.0. The number of hydrogen-bond donors (Lipinski definition) is 2.